The Morgan fingerprint density at radius 1 is 0.946 bits per heavy atom. The minimum atomic E-state index is -0.753. The third-order valence-corrected chi connectivity index (χ3v) is 6.76. The summed E-state index contributed by atoms with van der Waals surface area (Å²) in [6.45, 7) is 4.83. The molecule has 1 N–H and O–H groups in total. The van der Waals surface area contributed by atoms with Crippen LogP contribution in [0.1, 0.15) is 30.3 Å². The first kappa shape index (κ1) is 26.1. The molecule has 1 unspecified atom stereocenters. The maximum atomic E-state index is 13.3. The summed E-state index contributed by atoms with van der Waals surface area (Å²) in [5, 5.41) is 13.3. The van der Waals surface area contributed by atoms with Crippen LogP contribution in [0.2, 0.25) is 0 Å². The number of hydrogen-bond acceptors (Lipinski definition) is 8. The number of benzene rings is 2. The topological polar surface area (TPSA) is 94.5 Å². The van der Waals surface area contributed by atoms with E-state index in [-0.39, 0.29) is 24.5 Å². The van der Waals surface area contributed by atoms with Gasteiger partial charge in [-0.2, -0.15) is 0 Å². The molecule has 3 aromatic rings. The van der Waals surface area contributed by atoms with Crippen molar-refractivity contribution in [1.29, 1.82) is 0 Å². The second-order valence-corrected chi connectivity index (χ2v) is 9.04. The molecule has 37 heavy (non-hydrogen) atoms. The van der Waals surface area contributed by atoms with Gasteiger partial charge in [-0.15, -0.1) is 11.3 Å². The Labute approximate surface area is 219 Å². The van der Waals surface area contributed by atoms with Crippen molar-refractivity contribution < 1.29 is 33.6 Å². The van der Waals surface area contributed by atoms with Gasteiger partial charge < -0.3 is 29.0 Å². The van der Waals surface area contributed by atoms with E-state index in [1.165, 1.54) is 16.2 Å². The Morgan fingerprint density at radius 2 is 1.65 bits per heavy atom. The number of Topliss-reactive ketones (excluding diaryl/α,β-unsaturated/α-hetero) is 1. The van der Waals surface area contributed by atoms with E-state index in [9.17, 15) is 14.7 Å². The van der Waals surface area contributed by atoms with Gasteiger partial charge in [-0.05, 0) is 61.7 Å². The van der Waals surface area contributed by atoms with Gasteiger partial charge in [-0.25, -0.2) is 0 Å². The number of ketones is 1. The van der Waals surface area contributed by atoms with Gasteiger partial charge in [0.1, 0.15) is 35.4 Å². The number of nitrogens with zero attached hydrogens (tertiary/aromatic N) is 1. The molecule has 0 bridgehead atoms. The molecule has 9 heteroatoms. The average Bonchev–Trinajstić information content (AvgIpc) is 3.52. The highest BCUT2D eigenvalue weighted by Crippen LogP contribution is 2.42. The molecule has 0 saturated carbocycles. The number of hydrogen-bond donors (Lipinski definition) is 1. The lowest BCUT2D eigenvalue weighted by Crippen LogP contribution is -2.33. The first-order valence-corrected chi connectivity index (χ1v) is 12.8. The summed E-state index contributed by atoms with van der Waals surface area (Å²) in [6.07, 6.45) is 0. The third kappa shape index (κ3) is 5.56. The minimum absolute atomic E-state index is 0.0158. The van der Waals surface area contributed by atoms with E-state index in [1.54, 1.807) is 49.6 Å². The van der Waals surface area contributed by atoms with Crippen molar-refractivity contribution in [3.63, 3.8) is 0 Å². The van der Waals surface area contributed by atoms with Crippen LogP contribution in [0.3, 0.4) is 0 Å². The molecule has 1 amide bonds. The van der Waals surface area contributed by atoms with Crippen molar-refractivity contribution in [1.82, 2.24) is 4.90 Å². The molecular formula is C28H29NO7S. The van der Waals surface area contributed by atoms with Gasteiger partial charge in [0.2, 0.25) is 0 Å². The van der Waals surface area contributed by atoms with Crippen LogP contribution in [0.25, 0.3) is 5.76 Å². The summed E-state index contributed by atoms with van der Waals surface area (Å²) in [4.78, 5) is 28.6. The van der Waals surface area contributed by atoms with Crippen LogP contribution >= 0.6 is 11.3 Å². The number of carbonyl (C=O) groups excluding carboxylic acids is 2. The van der Waals surface area contributed by atoms with Gasteiger partial charge in [0, 0.05) is 10.9 Å². The third-order valence-electron chi connectivity index (χ3n) is 5.83. The van der Waals surface area contributed by atoms with Crippen molar-refractivity contribution in [3.05, 3.63) is 76.0 Å². The van der Waals surface area contributed by atoms with E-state index < -0.39 is 17.7 Å². The molecule has 8 nitrogen and oxygen atoms in total. The molecule has 1 fully saturated rings. The first-order chi connectivity index (χ1) is 18.0. The molecular weight excluding hydrogens is 494 g/mol. The van der Waals surface area contributed by atoms with E-state index in [0.29, 0.717) is 41.8 Å². The van der Waals surface area contributed by atoms with Crippen molar-refractivity contribution >= 4 is 28.8 Å². The van der Waals surface area contributed by atoms with Crippen molar-refractivity contribution in [3.8, 4) is 23.0 Å². The fourth-order valence-electron chi connectivity index (χ4n) is 4.16. The van der Waals surface area contributed by atoms with E-state index >= 15 is 0 Å². The van der Waals surface area contributed by atoms with Crippen LogP contribution in [0, 0.1) is 0 Å². The van der Waals surface area contributed by atoms with Gasteiger partial charge in [-0.3, -0.25) is 9.59 Å². The fourth-order valence-corrected chi connectivity index (χ4v) is 5.01. The van der Waals surface area contributed by atoms with Gasteiger partial charge in [0.15, 0.2) is 0 Å². The largest absolute Gasteiger partial charge is 0.507 e. The molecule has 0 radical (unpaired) electrons. The number of ether oxygens (including phenoxy) is 4. The minimum Gasteiger partial charge on any atom is -0.507 e. The molecule has 2 heterocycles. The summed E-state index contributed by atoms with van der Waals surface area (Å²) in [5.74, 6) is 0.524. The van der Waals surface area contributed by atoms with Crippen molar-refractivity contribution in [2.75, 3.05) is 33.5 Å². The quantitative estimate of drug-likeness (QED) is 0.213. The van der Waals surface area contributed by atoms with E-state index in [2.05, 4.69) is 0 Å². The average molecular weight is 524 g/mol. The molecule has 2 aromatic carbocycles. The maximum absolute atomic E-state index is 13.3. The molecule has 1 aliphatic rings. The zero-order chi connectivity index (χ0) is 26.4. The first-order valence-electron chi connectivity index (χ1n) is 12.0. The number of amides is 1. The monoisotopic (exact) mass is 523 g/mol. The predicted octanol–water partition coefficient (Wildman–Crippen LogP) is 5.05. The summed E-state index contributed by atoms with van der Waals surface area (Å²) < 4.78 is 22.3. The molecule has 0 spiro atoms. The van der Waals surface area contributed by atoms with Gasteiger partial charge in [-0.1, -0.05) is 6.07 Å². The van der Waals surface area contributed by atoms with Crippen LogP contribution in [0.15, 0.2) is 65.6 Å². The molecule has 194 valence electrons. The highest BCUT2D eigenvalue weighted by Gasteiger charge is 2.46. The molecule has 1 saturated heterocycles. The van der Waals surface area contributed by atoms with Crippen LogP contribution in [0.5, 0.6) is 23.0 Å². The SMILES string of the molecule is CCOc1ccc(/C(O)=C2/C(=O)C(=O)N(CCOc3ccc(OC)cc3)C2c2cccs2)c(OCC)c1. The zero-order valence-electron chi connectivity index (χ0n) is 20.9. The van der Waals surface area contributed by atoms with Crippen LogP contribution in [-0.4, -0.2) is 55.2 Å². The number of rotatable bonds is 11. The lowest BCUT2D eigenvalue weighted by Gasteiger charge is -2.24. The van der Waals surface area contributed by atoms with Crippen LogP contribution < -0.4 is 18.9 Å². The number of methoxy groups -OCH3 is 1. The van der Waals surface area contributed by atoms with Crippen LogP contribution in [-0.2, 0) is 9.59 Å². The second-order valence-electron chi connectivity index (χ2n) is 8.06. The summed E-state index contributed by atoms with van der Waals surface area (Å²) >= 11 is 1.40. The summed E-state index contributed by atoms with van der Waals surface area (Å²) in [6, 6.07) is 15.0. The summed E-state index contributed by atoms with van der Waals surface area (Å²) in [7, 11) is 1.59. The number of thiophene rings is 1. The molecule has 4 rings (SSSR count). The molecule has 0 aliphatic carbocycles. The number of likely N-dealkylation sites (tertiary alicyclic amines) is 1. The van der Waals surface area contributed by atoms with Crippen molar-refractivity contribution in [2.24, 2.45) is 0 Å². The Morgan fingerprint density at radius 3 is 2.30 bits per heavy atom. The van der Waals surface area contributed by atoms with Crippen molar-refractivity contribution in [2.45, 2.75) is 19.9 Å². The van der Waals surface area contributed by atoms with E-state index in [0.717, 1.165) is 4.88 Å². The Balaban J connectivity index is 1.67. The van der Waals surface area contributed by atoms with Crippen LogP contribution in [0.4, 0.5) is 0 Å². The highest BCUT2D eigenvalue weighted by molar-refractivity contribution is 7.10. The standard InChI is InChI=1S/C28H29NO7S/c1-4-34-20-12-13-21(22(17-20)35-5-2)26(30)24-25(23-7-6-16-37-23)29(28(32)27(24)31)14-15-36-19-10-8-18(33-3)9-11-19/h6-13,16-17,25,30H,4-5,14-15H2,1-3H3/b26-24-. The van der Waals surface area contributed by atoms with E-state index in [1.807, 2.05) is 31.4 Å². The Hall–Kier alpha value is -3.98. The Bertz CT molecular complexity index is 1270. The normalized spacial score (nSPS) is 16.6. The van der Waals surface area contributed by atoms with E-state index in [4.69, 9.17) is 18.9 Å². The zero-order valence-corrected chi connectivity index (χ0v) is 21.7. The predicted molar refractivity (Wildman–Crippen MR) is 141 cm³/mol. The second kappa shape index (κ2) is 11.8. The Kier molecular flexibility index (Phi) is 8.35. The lowest BCUT2D eigenvalue weighted by molar-refractivity contribution is -0.140. The number of aliphatic hydroxyl groups is 1. The molecule has 1 atom stereocenters. The number of carbonyl (C=O) groups is 2. The van der Waals surface area contributed by atoms with Gasteiger partial charge in [0.05, 0.1) is 44.0 Å². The smallest absolute Gasteiger partial charge is 0.295 e. The van der Waals surface area contributed by atoms with Gasteiger partial charge in [0.25, 0.3) is 11.7 Å². The molecule has 1 aliphatic heterocycles. The summed E-state index contributed by atoms with van der Waals surface area (Å²) in [5.41, 5.74) is 0.335. The lowest BCUT2D eigenvalue weighted by atomic mass is 9.99. The number of aliphatic hydroxyl groups excluding tert-OH is 1. The fraction of sp³-hybridized carbons (Fsp3) is 0.286. The molecule has 1 aromatic heterocycles. The maximum Gasteiger partial charge on any atom is 0.295 e. The highest BCUT2D eigenvalue weighted by atomic mass is 32.1. The van der Waals surface area contributed by atoms with Gasteiger partial charge >= 0.3 is 0 Å².